The van der Waals surface area contributed by atoms with Gasteiger partial charge in [-0.25, -0.2) is 0 Å². The van der Waals surface area contributed by atoms with E-state index in [4.69, 9.17) is 16.7 Å². The van der Waals surface area contributed by atoms with Crippen LogP contribution < -0.4 is 0 Å². The summed E-state index contributed by atoms with van der Waals surface area (Å²) in [5.41, 5.74) is 0.621. The Bertz CT molecular complexity index is 262. The van der Waals surface area contributed by atoms with Crippen LogP contribution in [0.2, 0.25) is 0 Å². The second kappa shape index (κ2) is 3.39. The highest BCUT2D eigenvalue weighted by Gasteiger charge is 1.90. The average Bonchev–Trinajstić information content (AvgIpc) is 1.93. The second-order valence-electron chi connectivity index (χ2n) is 2.03. The van der Waals surface area contributed by atoms with Crippen LogP contribution in [0.1, 0.15) is 5.56 Å². The van der Waals surface area contributed by atoms with Crippen LogP contribution in [0, 0.1) is 0 Å². The Hall–Kier alpha value is -1.02. The topological polar surface area (TPSA) is 20.2 Å². The standard InChI is InChI=1S/C8H6ClFO/c9-8(10)5-6-1-3-7(11)4-2-6/h1-5,11H/b8-5-. The fourth-order valence-electron chi connectivity index (χ4n) is 0.697. The largest absolute Gasteiger partial charge is 0.508 e. The van der Waals surface area contributed by atoms with Crippen molar-refractivity contribution in [2.24, 2.45) is 0 Å². The van der Waals surface area contributed by atoms with E-state index in [0.29, 0.717) is 5.56 Å². The Kier molecular flexibility index (Phi) is 2.49. The van der Waals surface area contributed by atoms with Crippen molar-refractivity contribution in [3.63, 3.8) is 0 Å². The number of rotatable bonds is 1. The van der Waals surface area contributed by atoms with Gasteiger partial charge in [-0.1, -0.05) is 23.7 Å². The zero-order valence-electron chi connectivity index (χ0n) is 5.59. The molecule has 0 spiro atoms. The van der Waals surface area contributed by atoms with Crippen LogP contribution in [0.3, 0.4) is 0 Å². The van der Waals surface area contributed by atoms with E-state index in [1.54, 1.807) is 12.1 Å². The molecule has 0 bridgehead atoms. The molecule has 0 aliphatic carbocycles. The van der Waals surface area contributed by atoms with E-state index in [1.165, 1.54) is 18.2 Å². The van der Waals surface area contributed by atoms with Gasteiger partial charge in [-0.05, 0) is 23.8 Å². The zero-order chi connectivity index (χ0) is 8.27. The first-order chi connectivity index (χ1) is 5.18. The van der Waals surface area contributed by atoms with E-state index >= 15 is 0 Å². The van der Waals surface area contributed by atoms with Crippen molar-refractivity contribution in [3.05, 3.63) is 35.1 Å². The van der Waals surface area contributed by atoms with E-state index in [1.807, 2.05) is 0 Å². The third-order valence-electron chi connectivity index (χ3n) is 1.17. The Morgan fingerprint density at radius 2 is 1.91 bits per heavy atom. The van der Waals surface area contributed by atoms with Gasteiger partial charge in [-0.3, -0.25) is 0 Å². The van der Waals surface area contributed by atoms with Gasteiger partial charge in [0, 0.05) is 0 Å². The maximum atomic E-state index is 12.1. The Labute approximate surface area is 68.7 Å². The van der Waals surface area contributed by atoms with Gasteiger partial charge in [0.2, 0.25) is 0 Å². The van der Waals surface area contributed by atoms with E-state index in [-0.39, 0.29) is 5.75 Å². The number of halogens is 2. The van der Waals surface area contributed by atoms with Gasteiger partial charge in [-0.2, -0.15) is 4.39 Å². The van der Waals surface area contributed by atoms with E-state index in [2.05, 4.69) is 0 Å². The summed E-state index contributed by atoms with van der Waals surface area (Å²) in [6.07, 6.45) is 1.17. The fraction of sp³-hybridized carbons (Fsp3) is 0. The lowest BCUT2D eigenvalue weighted by atomic mass is 10.2. The van der Waals surface area contributed by atoms with E-state index in [9.17, 15) is 4.39 Å². The normalized spacial score (nSPS) is 11.6. The minimum absolute atomic E-state index is 0.150. The van der Waals surface area contributed by atoms with Crippen LogP contribution in [0.25, 0.3) is 6.08 Å². The molecule has 58 valence electrons. The van der Waals surface area contributed by atoms with Crippen molar-refractivity contribution < 1.29 is 9.50 Å². The minimum Gasteiger partial charge on any atom is -0.508 e. The first-order valence-electron chi connectivity index (χ1n) is 3.00. The molecular weight excluding hydrogens is 167 g/mol. The minimum atomic E-state index is -0.768. The van der Waals surface area contributed by atoms with Crippen molar-refractivity contribution >= 4 is 17.7 Å². The van der Waals surface area contributed by atoms with Gasteiger partial charge >= 0.3 is 0 Å². The average molecular weight is 173 g/mol. The van der Waals surface area contributed by atoms with Gasteiger partial charge < -0.3 is 5.11 Å². The van der Waals surface area contributed by atoms with Crippen LogP contribution in [0.4, 0.5) is 4.39 Å². The summed E-state index contributed by atoms with van der Waals surface area (Å²) in [4.78, 5) is 0. The summed E-state index contributed by atoms with van der Waals surface area (Å²) in [7, 11) is 0. The number of aromatic hydroxyl groups is 1. The number of hydrogen-bond acceptors (Lipinski definition) is 1. The van der Waals surface area contributed by atoms with Crippen LogP contribution in [0.5, 0.6) is 5.75 Å². The summed E-state index contributed by atoms with van der Waals surface area (Å²) in [5.74, 6) is 0.150. The van der Waals surface area contributed by atoms with Gasteiger partial charge in [0.25, 0.3) is 0 Å². The van der Waals surface area contributed by atoms with Crippen LogP contribution in [0.15, 0.2) is 29.6 Å². The molecule has 0 unspecified atom stereocenters. The maximum absolute atomic E-state index is 12.1. The Morgan fingerprint density at radius 1 is 1.36 bits per heavy atom. The fourth-order valence-corrected chi connectivity index (χ4v) is 0.823. The van der Waals surface area contributed by atoms with Gasteiger partial charge in [0.15, 0.2) is 5.29 Å². The molecule has 1 nitrogen and oxygen atoms in total. The molecule has 0 aliphatic heterocycles. The lowest BCUT2D eigenvalue weighted by molar-refractivity contribution is 0.475. The Morgan fingerprint density at radius 3 is 2.36 bits per heavy atom. The predicted molar refractivity (Wildman–Crippen MR) is 43.0 cm³/mol. The highest BCUT2D eigenvalue weighted by atomic mass is 35.5. The molecular formula is C8H6ClFO. The molecule has 3 heteroatoms. The molecule has 11 heavy (non-hydrogen) atoms. The zero-order valence-corrected chi connectivity index (χ0v) is 6.35. The number of phenols is 1. The van der Waals surface area contributed by atoms with Crippen molar-refractivity contribution in [3.8, 4) is 5.75 Å². The number of phenolic OH excluding ortho intramolecular Hbond substituents is 1. The summed E-state index contributed by atoms with van der Waals surface area (Å²) in [6, 6.07) is 6.06. The van der Waals surface area contributed by atoms with Crippen molar-refractivity contribution in [2.45, 2.75) is 0 Å². The highest BCUT2D eigenvalue weighted by Crippen LogP contribution is 2.14. The monoisotopic (exact) mass is 172 g/mol. The van der Waals surface area contributed by atoms with E-state index in [0.717, 1.165) is 0 Å². The first-order valence-corrected chi connectivity index (χ1v) is 3.38. The third-order valence-corrected chi connectivity index (χ3v) is 1.28. The quantitative estimate of drug-likeness (QED) is 0.691. The van der Waals surface area contributed by atoms with Crippen LogP contribution in [-0.4, -0.2) is 5.11 Å². The van der Waals surface area contributed by atoms with Gasteiger partial charge in [0.1, 0.15) is 5.75 Å². The summed E-state index contributed by atoms with van der Waals surface area (Å²) in [6.45, 7) is 0. The molecule has 1 aromatic carbocycles. The predicted octanol–water partition coefficient (Wildman–Crippen LogP) is 2.90. The molecule has 1 rings (SSSR count). The number of hydrogen-bond donors (Lipinski definition) is 1. The molecule has 0 aliphatic rings. The molecule has 0 amide bonds. The van der Waals surface area contributed by atoms with Crippen LogP contribution >= 0.6 is 11.6 Å². The molecule has 0 heterocycles. The van der Waals surface area contributed by atoms with Crippen molar-refractivity contribution in [2.75, 3.05) is 0 Å². The van der Waals surface area contributed by atoms with Crippen molar-refractivity contribution in [1.82, 2.24) is 0 Å². The SMILES string of the molecule is Oc1ccc(/C=C(\F)Cl)cc1. The second-order valence-corrected chi connectivity index (χ2v) is 2.39. The molecule has 0 radical (unpaired) electrons. The first kappa shape index (κ1) is 8.08. The van der Waals surface area contributed by atoms with Crippen LogP contribution in [-0.2, 0) is 0 Å². The number of benzene rings is 1. The summed E-state index contributed by atoms with van der Waals surface area (Å²) < 4.78 is 12.1. The molecule has 0 atom stereocenters. The molecule has 0 fully saturated rings. The smallest absolute Gasteiger partial charge is 0.189 e. The van der Waals surface area contributed by atoms with E-state index < -0.39 is 5.29 Å². The lowest BCUT2D eigenvalue weighted by Gasteiger charge is -1.92. The third kappa shape index (κ3) is 2.60. The molecule has 1 N–H and O–H groups in total. The lowest BCUT2D eigenvalue weighted by Crippen LogP contribution is -1.69. The molecule has 0 saturated heterocycles. The van der Waals surface area contributed by atoms with Gasteiger partial charge in [0.05, 0.1) is 0 Å². The van der Waals surface area contributed by atoms with Crippen molar-refractivity contribution in [1.29, 1.82) is 0 Å². The molecule has 0 saturated carbocycles. The molecule has 1 aromatic rings. The maximum Gasteiger partial charge on any atom is 0.189 e. The van der Waals surface area contributed by atoms with Gasteiger partial charge in [-0.15, -0.1) is 0 Å². The Balaban J connectivity index is 2.91. The highest BCUT2D eigenvalue weighted by molar-refractivity contribution is 6.30. The summed E-state index contributed by atoms with van der Waals surface area (Å²) >= 11 is 4.98. The molecule has 0 aromatic heterocycles. The summed E-state index contributed by atoms with van der Waals surface area (Å²) in [5, 5.41) is 8.08.